The van der Waals surface area contributed by atoms with Crippen LogP contribution in [0.4, 0.5) is 5.69 Å². The zero-order valence-electron chi connectivity index (χ0n) is 15.4. The van der Waals surface area contributed by atoms with E-state index in [9.17, 15) is 9.59 Å². The average molecular weight is 368 g/mol. The maximum absolute atomic E-state index is 12.6. The van der Waals surface area contributed by atoms with Crippen LogP contribution in [0.3, 0.4) is 0 Å². The number of aryl methyl sites for hydroxylation is 1. The molecule has 140 valence electrons. The van der Waals surface area contributed by atoms with E-state index in [4.69, 9.17) is 5.73 Å². The molecular formula is C19H30ClN3O2. The Bertz CT molecular complexity index is 604. The summed E-state index contributed by atoms with van der Waals surface area (Å²) in [6, 6.07) is 5.50. The van der Waals surface area contributed by atoms with Crippen molar-refractivity contribution in [2.45, 2.75) is 52.5 Å². The lowest BCUT2D eigenvalue weighted by Gasteiger charge is -2.31. The van der Waals surface area contributed by atoms with Crippen LogP contribution in [-0.4, -0.2) is 35.8 Å². The lowest BCUT2D eigenvalue weighted by molar-refractivity contribution is -0.116. The van der Waals surface area contributed by atoms with Crippen molar-refractivity contribution in [3.8, 4) is 0 Å². The summed E-state index contributed by atoms with van der Waals surface area (Å²) >= 11 is 0. The number of hydrogen-bond donors (Lipinski definition) is 2. The first-order valence-electron chi connectivity index (χ1n) is 8.82. The van der Waals surface area contributed by atoms with E-state index in [0.29, 0.717) is 24.3 Å². The van der Waals surface area contributed by atoms with Crippen molar-refractivity contribution in [2.24, 2.45) is 11.7 Å². The van der Waals surface area contributed by atoms with Gasteiger partial charge in [0.25, 0.3) is 5.91 Å². The molecule has 1 aliphatic rings. The third kappa shape index (κ3) is 6.33. The highest BCUT2D eigenvalue weighted by molar-refractivity contribution is 5.96. The predicted octanol–water partition coefficient (Wildman–Crippen LogP) is 3.35. The quantitative estimate of drug-likeness (QED) is 0.837. The Hall–Kier alpha value is -1.59. The van der Waals surface area contributed by atoms with Gasteiger partial charge < -0.3 is 16.0 Å². The minimum Gasteiger partial charge on any atom is -0.338 e. The molecular weight excluding hydrogens is 338 g/mol. The van der Waals surface area contributed by atoms with Gasteiger partial charge in [-0.1, -0.05) is 6.92 Å². The minimum atomic E-state index is -0.0423. The van der Waals surface area contributed by atoms with E-state index in [2.05, 4.69) is 12.2 Å². The molecule has 0 bridgehead atoms. The highest BCUT2D eigenvalue weighted by Gasteiger charge is 2.22. The average Bonchev–Trinajstić information content (AvgIpc) is 2.54. The third-order valence-electron chi connectivity index (χ3n) is 4.52. The number of anilines is 1. The first-order chi connectivity index (χ1) is 11.4. The molecule has 25 heavy (non-hydrogen) atoms. The van der Waals surface area contributed by atoms with Crippen molar-refractivity contribution >= 4 is 29.9 Å². The van der Waals surface area contributed by atoms with Gasteiger partial charge in [-0.05, 0) is 62.8 Å². The first kappa shape index (κ1) is 21.5. The molecule has 6 heteroatoms. The van der Waals surface area contributed by atoms with E-state index < -0.39 is 0 Å². The molecule has 0 radical (unpaired) electrons. The third-order valence-corrected chi connectivity index (χ3v) is 4.52. The van der Waals surface area contributed by atoms with Crippen molar-refractivity contribution in [1.82, 2.24) is 4.90 Å². The second-order valence-corrected chi connectivity index (χ2v) is 7.09. The summed E-state index contributed by atoms with van der Waals surface area (Å²) in [6.07, 6.45) is 3.33. The van der Waals surface area contributed by atoms with Gasteiger partial charge in [0.15, 0.2) is 0 Å². The second kappa shape index (κ2) is 9.78. The van der Waals surface area contributed by atoms with Crippen molar-refractivity contribution in [2.75, 3.05) is 18.4 Å². The van der Waals surface area contributed by atoms with Gasteiger partial charge in [0, 0.05) is 36.8 Å². The minimum absolute atomic E-state index is 0. The Morgan fingerprint density at radius 3 is 2.72 bits per heavy atom. The van der Waals surface area contributed by atoms with Gasteiger partial charge in [-0.2, -0.15) is 0 Å². The van der Waals surface area contributed by atoms with Gasteiger partial charge in [0.05, 0.1) is 0 Å². The van der Waals surface area contributed by atoms with Crippen molar-refractivity contribution in [3.63, 3.8) is 0 Å². The van der Waals surface area contributed by atoms with Crippen molar-refractivity contribution < 1.29 is 9.59 Å². The van der Waals surface area contributed by atoms with E-state index in [-0.39, 0.29) is 30.3 Å². The molecule has 1 fully saturated rings. The lowest BCUT2D eigenvalue weighted by Crippen LogP contribution is -2.39. The molecule has 0 spiro atoms. The number of benzene rings is 1. The molecule has 1 aromatic rings. The summed E-state index contributed by atoms with van der Waals surface area (Å²) < 4.78 is 0. The fourth-order valence-corrected chi connectivity index (χ4v) is 3.06. The molecule has 2 amide bonds. The van der Waals surface area contributed by atoms with Gasteiger partial charge in [-0.3, -0.25) is 9.59 Å². The van der Waals surface area contributed by atoms with Gasteiger partial charge >= 0.3 is 0 Å². The van der Waals surface area contributed by atoms with Gasteiger partial charge in [0.1, 0.15) is 0 Å². The van der Waals surface area contributed by atoms with Crippen LogP contribution in [0.25, 0.3) is 0 Å². The first-order valence-corrected chi connectivity index (χ1v) is 8.82. The van der Waals surface area contributed by atoms with Crippen LogP contribution in [0.15, 0.2) is 18.2 Å². The normalized spacial score (nSPS) is 18.2. The number of nitrogens with two attached hydrogens (primary N) is 1. The number of rotatable bonds is 5. The van der Waals surface area contributed by atoms with Crippen molar-refractivity contribution in [3.05, 3.63) is 29.3 Å². The fourth-order valence-electron chi connectivity index (χ4n) is 3.06. The summed E-state index contributed by atoms with van der Waals surface area (Å²) in [5, 5.41) is 2.90. The molecule has 3 N–H and O–H groups in total. The van der Waals surface area contributed by atoms with Crippen LogP contribution in [-0.2, 0) is 4.79 Å². The van der Waals surface area contributed by atoms with E-state index in [1.54, 1.807) is 6.07 Å². The van der Waals surface area contributed by atoms with E-state index >= 15 is 0 Å². The van der Waals surface area contributed by atoms with Crippen LogP contribution < -0.4 is 11.1 Å². The summed E-state index contributed by atoms with van der Waals surface area (Å²) in [4.78, 5) is 26.5. The topological polar surface area (TPSA) is 75.4 Å². The number of nitrogens with one attached hydrogen (secondary N) is 1. The van der Waals surface area contributed by atoms with Crippen LogP contribution in [0.5, 0.6) is 0 Å². The Balaban J connectivity index is 0.00000312. The van der Waals surface area contributed by atoms with Gasteiger partial charge in [0.2, 0.25) is 5.91 Å². The number of halogens is 1. The number of nitrogens with zero attached hydrogens (tertiary/aromatic N) is 1. The molecule has 0 saturated carbocycles. The molecule has 0 aromatic heterocycles. The Kier molecular flexibility index (Phi) is 8.39. The molecule has 0 aliphatic carbocycles. The maximum atomic E-state index is 12.6. The number of amides is 2. The maximum Gasteiger partial charge on any atom is 0.253 e. The summed E-state index contributed by atoms with van der Waals surface area (Å²) in [5.74, 6) is 0.603. The summed E-state index contributed by atoms with van der Waals surface area (Å²) in [6.45, 7) is 7.65. The largest absolute Gasteiger partial charge is 0.338 e. The lowest BCUT2D eigenvalue weighted by atomic mass is 9.99. The molecule has 5 nitrogen and oxygen atoms in total. The van der Waals surface area contributed by atoms with Crippen molar-refractivity contribution in [1.29, 1.82) is 0 Å². The molecule has 2 unspecified atom stereocenters. The number of hydrogen-bond acceptors (Lipinski definition) is 3. The predicted molar refractivity (Wildman–Crippen MR) is 104 cm³/mol. The second-order valence-electron chi connectivity index (χ2n) is 7.09. The summed E-state index contributed by atoms with van der Waals surface area (Å²) in [5.41, 5.74) is 8.03. The number of carbonyl (C=O) groups excluding carboxylic acids is 2. The fraction of sp³-hybridized carbons (Fsp3) is 0.579. The summed E-state index contributed by atoms with van der Waals surface area (Å²) in [7, 11) is 0. The zero-order chi connectivity index (χ0) is 17.7. The van der Waals surface area contributed by atoms with Crippen LogP contribution in [0, 0.1) is 12.8 Å². The molecule has 2 rings (SSSR count). The van der Waals surface area contributed by atoms with E-state index in [1.807, 2.05) is 30.9 Å². The number of piperidine rings is 1. The number of likely N-dealkylation sites (tertiary alicyclic amines) is 1. The van der Waals surface area contributed by atoms with Crippen LogP contribution in [0.2, 0.25) is 0 Å². The Labute approximate surface area is 156 Å². The van der Waals surface area contributed by atoms with Crippen LogP contribution in [0.1, 0.15) is 55.5 Å². The molecule has 1 heterocycles. The Morgan fingerprint density at radius 2 is 2.12 bits per heavy atom. The smallest absolute Gasteiger partial charge is 0.253 e. The van der Waals surface area contributed by atoms with Crippen LogP contribution >= 0.6 is 12.4 Å². The number of carbonyl (C=O) groups is 2. The van der Waals surface area contributed by atoms with Gasteiger partial charge in [-0.15, -0.1) is 12.4 Å². The standard InChI is InChI=1S/C19H29N3O2.ClH/c1-13-5-4-10-22(12-13)19(24)16-7-8-17(14(2)11-16)21-18(23)9-6-15(3)20;/h7-8,11,13,15H,4-6,9-10,12,20H2,1-3H3,(H,21,23);1H. The van der Waals surface area contributed by atoms with E-state index in [1.165, 1.54) is 6.42 Å². The molecule has 1 aromatic carbocycles. The zero-order valence-corrected chi connectivity index (χ0v) is 16.2. The highest BCUT2D eigenvalue weighted by Crippen LogP contribution is 2.21. The molecule has 1 saturated heterocycles. The van der Waals surface area contributed by atoms with Gasteiger partial charge in [-0.25, -0.2) is 0 Å². The highest BCUT2D eigenvalue weighted by atomic mass is 35.5. The SMILES string of the molecule is Cc1cc(C(=O)N2CCCC(C)C2)ccc1NC(=O)CCC(C)N.Cl. The van der Waals surface area contributed by atoms with E-state index in [0.717, 1.165) is 30.8 Å². The Morgan fingerprint density at radius 1 is 1.40 bits per heavy atom. The monoisotopic (exact) mass is 367 g/mol. The molecule has 2 atom stereocenters. The molecule has 1 aliphatic heterocycles.